The molecule has 1 atom stereocenters. The fourth-order valence-corrected chi connectivity index (χ4v) is 4.10. The highest BCUT2D eigenvalue weighted by atomic mass is 35.5. The SMILES string of the molecule is CC(C)n1[nH]c(=O)c2c1NC(=O)C[C@@]21C(=O)N(C)c2ccc(Cl)cc21. The molecule has 2 aliphatic rings. The van der Waals surface area contributed by atoms with E-state index < -0.39 is 5.41 Å². The Morgan fingerprint density at radius 1 is 1.24 bits per heavy atom. The number of carbonyl (C=O) groups excluding carboxylic acids is 2. The van der Waals surface area contributed by atoms with Crippen molar-refractivity contribution in [3.8, 4) is 0 Å². The molecule has 1 spiro atoms. The molecule has 0 bridgehead atoms. The van der Waals surface area contributed by atoms with E-state index in [2.05, 4.69) is 10.4 Å². The first-order valence-electron chi connectivity index (χ1n) is 8.00. The topological polar surface area (TPSA) is 87.2 Å². The molecule has 0 saturated heterocycles. The van der Waals surface area contributed by atoms with Crippen LogP contribution in [0.15, 0.2) is 23.0 Å². The summed E-state index contributed by atoms with van der Waals surface area (Å²) >= 11 is 6.16. The molecule has 3 heterocycles. The molecule has 0 fully saturated rings. The third-order valence-electron chi connectivity index (χ3n) is 5.00. The number of H-pyrrole nitrogens is 1. The highest BCUT2D eigenvalue weighted by Crippen LogP contribution is 2.51. The number of likely N-dealkylation sites (N-methyl/N-ethyl adjacent to an activating group) is 1. The van der Waals surface area contributed by atoms with Crippen LogP contribution in [-0.2, 0) is 15.0 Å². The average molecular weight is 361 g/mol. The molecule has 25 heavy (non-hydrogen) atoms. The minimum atomic E-state index is -1.35. The monoisotopic (exact) mass is 360 g/mol. The van der Waals surface area contributed by atoms with Gasteiger partial charge >= 0.3 is 0 Å². The minimum Gasteiger partial charge on any atom is -0.314 e. The molecule has 130 valence electrons. The average Bonchev–Trinajstić information content (AvgIpc) is 2.97. The smallest absolute Gasteiger partial charge is 0.270 e. The molecule has 0 aliphatic carbocycles. The van der Waals surface area contributed by atoms with Crippen molar-refractivity contribution in [2.45, 2.75) is 31.7 Å². The van der Waals surface area contributed by atoms with Gasteiger partial charge in [-0.1, -0.05) is 11.6 Å². The van der Waals surface area contributed by atoms with Crippen molar-refractivity contribution in [3.05, 3.63) is 44.7 Å². The molecule has 0 saturated carbocycles. The lowest BCUT2D eigenvalue weighted by molar-refractivity contribution is -0.126. The van der Waals surface area contributed by atoms with Crippen molar-refractivity contribution in [3.63, 3.8) is 0 Å². The molecule has 8 heteroatoms. The lowest BCUT2D eigenvalue weighted by atomic mass is 9.71. The molecule has 2 amide bonds. The zero-order chi connectivity index (χ0) is 18.1. The van der Waals surface area contributed by atoms with Gasteiger partial charge in [-0.15, -0.1) is 0 Å². The summed E-state index contributed by atoms with van der Waals surface area (Å²) in [5, 5.41) is 5.95. The van der Waals surface area contributed by atoms with Gasteiger partial charge in [-0.05, 0) is 37.6 Å². The van der Waals surface area contributed by atoms with Gasteiger partial charge in [0.25, 0.3) is 5.56 Å². The van der Waals surface area contributed by atoms with Gasteiger partial charge in [0, 0.05) is 23.8 Å². The third kappa shape index (κ3) is 1.90. The van der Waals surface area contributed by atoms with E-state index in [0.717, 1.165) is 0 Å². The summed E-state index contributed by atoms with van der Waals surface area (Å²) in [4.78, 5) is 40.0. The highest BCUT2D eigenvalue weighted by Gasteiger charge is 2.57. The summed E-state index contributed by atoms with van der Waals surface area (Å²) in [7, 11) is 1.64. The van der Waals surface area contributed by atoms with Gasteiger partial charge in [0.2, 0.25) is 11.8 Å². The van der Waals surface area contributed by atoms with E-state index in [1.807, 2.05) is 13.8 Å². The molecule has 2 aromatic rings. The second kappa shape index (κ2) is 4.98. The number of rotatable bonds is 1. The number of halogens is 1. The van der Waals surface area contributed by atoms with Gasteiger partial charge in [0.1, 0.15) is 11.2 Å². The normalized spacial score (nSPS) is 21.7. The molecule has 2 N–H and O–H groups in total. The van der Waals surface area contributed by atoms with Gasteiger partial charge in [-0.3, -0.25) is 24.2 Å². The van der Waals surface area contributed by atoms with Crippen molar-refractivity contribution in [1.29, 1.82) is 0 Å². The predicted molar refractivity (Wildman–Crippen MR) is 94.3 cm³/mol. The Bertz CT molecular complexity index is 990. The first-order chi connectivity index (χ1) is 11.8. The molecule has 1 aromatic heterocycles. The number of nitrogens with one attached hydrogen (secondary N) is 2. The summed E-state index contributed by atoms with van der Waals surface area (Å²) in [6.07, 6.45) is -0.123. The maximum Gasteiger partial charge on any atom is 0.270 e. The van der Waals surface area contributed by atoms with Crippen molar-refractivity contribution in [2.75, 3.05) is 17.3 Å². The minimum absolute atomic E-state index is 0.0834. The van der Waals surface area contributed by atoms with E-state index in [1.54, 1.807) is 29.9 Å². The Morgan fingerprint density at radius 2 is 1.96 bits per heavy atom. The van der Waals surface area contributed by atoms with Crippen LogP contribution in [0.2, 0.25) is 5.02 Å². The summed E-state index contributed by atoms with van der Waals surface area (Å²) in [6.45, 7) is 3.77. The fourth-order valence-electron chi connectivity index (χ4n) is 3.93. The van der Waals surface area contributed by atoms with Gasteiger partial charge in [0.15, 0.2) is 0 Å². The van der Waals surface area contributed by atoms with Crippen LogP contribution in [-0.4, -0.2) is 28.6 Å². The van der Waals surface area contributed by atoms with Gasteiger partial charge in [0.05, 0.1) is 12.0 Å². The third-order valence-corrected chi connectivity index (χ3v) is 5.24. The van der Waals surface area contributed by atoms with Crippen molar-refractivity contribution >= 4 is 34.9 Å². The summed E-state index contributed by atoms with van der Waals surface area (Å²) in [5.74, 6) is -0.255. The lowest BCUT2D eigenvalue weighted by Gasteiger charge is -2.32. The van der Waals surface area contributed by atoms with Gasteiger partial charge in [-0.25, -0.2) is 0 Å². The lowest BCUT2D eigenvalue weighted by Crippen LogP contribution is -2.47. The van der Waals surface area contributed by atoms with Crippen LogP contribution in [0.4, 0.5) is 11.5 Å². The number of fused-ring (bicyclic) bond motifs is 4. The standard InChI is InChI=1S/C17H17ClN4O3/c1-8(2)22-14-13(15(24)20-22)17(7-12(23)19-14)10-6-9(18)4-5-11(10)21(3)16(17)25/h4-6,8H,7H2,1-3H3,(H,19,23)(H,20,24)/t17-/m0/s1. The van der Waals surface area contributed by atoms with E-state index in [9.17, 15) is 14.4 Å². The van der Waals surface area contributed by atoms with Crippen molar-refractivity contribution in [1.82, 2.24) is 9.78 Å². The Hall–Kier alpha value is -2.54. The van der Waals surface area contributed by atoms with E-state index >= 15 is 0 Å². The number of aromatic amines is 1. The van der Waals surface area contributed by atoms with Crippen LogP contribution in [0, 0.1) is 0 Å². The van der Waals surface area contributed by atoms with Crippen molar-refractivity contribution < 1.29 is 9.59 Å². The summed E-state index contributed by atoms with van der Waals surface area (Å²) in [5.41, 5.74) is -0.195. The van der Waals surface area contributed by atoms with E-state index in [-0.39, 0.29) is 35.4 Å². The number of nitrogens with zero attached hydrogens (tertiary/aromatic N) is 2. The van der Waals surface area contributed by atoms with Crippen LogP contribution in [0.3, 0.4) is 0 Å². The second-order valence-electron chi connectivity index (χ2n) is 6.78. The first kappa shape index (κ1) is 16.0. The summed E-state index contributed by atoms with van der Waals surface area (Å²) in [6, 6.07) is 5.02. The number of amides is 2. The number of hydrogen-bond donors (Lipinski definition) is 2. The Balaban J connectivity index is 2.12. The van der Waals surface area contributed by atoms with E-state index in [4.69, 9.17) is 11.6 Å². The first-order valence-corrected chi connectivity index (χ1v) is 8.38. The predicted octanol–water partition coefficient (Wildman–Crippen LogP) is 2.02. The van der Waals surface area contributed by atoms with Gasteiger partial charge < -0.3 is 10.2 Å². The number of carbonyl (C=O) groups is 2. The van der Waals surface area contributed by atoms with Crippen LogP contribution >= 0.6 is 11.6 Å². The number of benzene rings is 1. The van der Waals surface area contributed by atoms with E-state index in [1.165, 1.54) is 4.90 Å². The quantitative estimate of drug-likeness (QED) is 0.815. The molecule has 0 radical (unpaired) electrons. The highest BCUT2D eigenvalue weighted by molar-refractivity contribution is 6.31. The number of hydrogen-bond acceptors (Lipinski definition) is 3. The fraction of sp³-hybridized carbons (Fsp3) is 0.353. The largest absolute Gasteiger partial charge is 0.314 e. The molecule has 7 nitrogen and oxygen atoms in total. The Labute approximate surface area is 148 Å². The molecule has 1 aromatic carbocycles. The maximum atomic E-state index is 13.2. The molecular formula is C17H17ClN4O3. The zero-order valence-electron chi connectivity index (χ0n) is 14.0. The van der Waals surface area contributed by atoms with Crippen molar-refractivity contribution in [2.24, 2.45) is 0 Å². The summed E-state index contributed by atoms with van der Waals surface area (Å²) < 4.78 is 1.59. The van der Waals surface area contributed by atoms with Crippen LogP contribution in [0.5, 0.6) is 0 Å². The molecule has 2 aliphatic heterocycles. The zero-order valence-corrected chi connectivity index (χ0v) is 14.8. The molecule has 4 rings (SSSR count). The number of aromatic nitrogens is 2. The number of anilines is 2. The van der Waals surface area contributed by atoms with Gasteiger partial charge in [-0.2, -0.15) is 0 Å². The molecule has 0 unspecified atom stereocenters. The van der Waals surface area contributed by atoms with Crippen LogP contribution in [0.1, 0.15) is 37.4 Å². The second-order valence-corrected chi connectivity index (χ2v) is 7.22. The van der Waals surface area contributed by atoms with E-state index in [0.29, 0.717) is 22.1 Å². The maximum absolute atomic E-state index is 13.2. The van der Waals surface area contributed by atoms with Crippen LogP contribution < -0.4 is 15.8 Å². The Morgan fingerprint density at radius 3 is 2.64 bits per heavy atom. The Kier molecular flexibility index (Phi) is 3.18. The van der Waals surface area contributed by atoms with Crippen LogP contribution in [0.25, 0.3) is 0 Å². The molecular weight excluding hydrogens is 344 g/mol.